The molecule has 0 fully saturated rings. The summed E-state index contributed by atoms with van der Waals surface area (Å²) in [5.41, 5.74) is 6.09. The van der Waals surface area contributed by atoms with Gasteiger partial charge in [0.1, 0.15) is 11.4 Å². The molecule has 1 aliphatic rings. The average Bonchev–Trinajstić information content (AvgIpc) is 2.78. The number of rotatable bonds is 0. The molecule has 1 aromatic carbocycles. The molecule has 1 aliphatic carbocycles. The van der Waals surface area contributed by atoms with Crippen molar-refractivity contribution in [1.29, 1.82) is 0 Å². The number of phenols is 1. The molecule has 0 aliphatic heterocycles. The van der Waals surface area contributed by atoms with Gasteiger partial charge in [0.2, 0.25) is 5.78 Å². The highest BCUT2D eigenvalue weighted by atomic mass is 16.3. The second-order valence-corrected chi connectivity index (χ2v) is 3.74. The zero-order chi connectivity index (χ0) is 12.2. The van der Waals surface area contributed by atoms with Crippen LogP contribution in [0.3, 0.4) is 0 Å². The van der Waals surface area contributed by atoms with Gasteiger partial charge in [-0.2, -0.15) is 5.10 Å². The lowest BCUT2D eigenvalue weighted by atomic mass is 9.86. The van der Waals surface area contributed by atoms with E-state index >= 15 is 0 Å². The quantitative estimate of drug-likeness (QED) is 0.383. The fourth-order valence-corrected chi connectivity index (χ4v) is 1.97. The number of hydrogen-bond acceptors (Lipinski definition) is 5. The van der Waals surface area contributed by atoms with Gasteiger partial charge in [-0.1, -0.05) is 0 Å². The number of aromatic hydroxyl groups is 1. The number of H-pyrrole nitrogens is 1. The largest absolute Gasteiger partial charge is 0.507 e. The number of benzene rings is 1. The lowest BCUT2D eigenvalue weighted by Gasteiger charge is -2.16. The van der Waals surface area contributed by atoms with E-state index in [0.29, 0.717) is 0 Å². The molecule has 0 unspecified atom stereocenters. The van der Waals surface area contributed by atoms with Crippen molar-refractivity contribution >= 4 is 17.3 Å². The highest BCUT2D eigenvalue weighted by Gasteiger charge is 2.35. The Hall–Kier alpha value is -2.63. The number of carbonyl (C=O) groups excluding carboxylic acids is 2. The second kappa shape index (κ2) is 2.94. The monoisotopic (exact) mass is 229 g/mol. The summed E-state index contributed by atoms with van der Waals surface area (Å²) >= 11 is 0. The van der Waals surface area contributed by atoms with Crippen LogP contribution in [0.15, 0.2) is 18.3 Å². The van der Waals surface area contributed by atoms with Gasteiger partial charge < -0.3 is 10.8 Å². The molecule has 1 aromatic heterocycles. The van der Waals surface area contributed by atoms with Crippen LogP contribution in [-0.2, 0) is 0 Å². The number of anilines is 1. The average molecular weight is 229 g/mol. The Morgan fingerprint density at radius 3 is 2.71 bits per heavy atom. The van der Waals surface area contributed by atoms with E-state index in [9.17, 15) is 14.7 Å². The molecule has 0 saturated carbocycles. The minimum absolute atomic E-state index is 0.0453. The highest BCUT2D eigenvalue weighted by molar-refractivity contribution is 6.30. The Bertz CT molecular complexity index is 617. The summed E-state index contributed by atoms with van der Waals surface area (Å²) in [6.07, 6.45) is 1.28. The van der Waals surface area contributed by atoms with Crippen LogP contribution in [0.2, 0.25) is 0 Å². The number of phenolic OH excluding ortho intramolecular Hbond substituents is 1. The van der Waals surface area contributed by atoms with Gasteiger partial charge in [-0.3, -0.25) is 14.7 Å². The number of nitrogens with one attached hydrogen (secondary N) is 1. The Kier molecular flexibility index (Phi) is 1.66. The van der Waals surface area contributed by atoms with Crippen molar-refractivity contribution in [1.82, 2.24) is 10.2 Å². The first-order chi connectivity index (χ1) is 8.11. The van der Waals surface area contributed by atoms with Crippen molar-refractivity contribution in [2.24, 2.45) is 0 Å². The summed E-state index contributed by atoms with van der Waals surface area (Å²) in [4.78, 5) is 24.1. The van der Waals surface area contributed by atoms with Crippen molar-refractivity contribution in [2.45, 2.75) is 0 Å². The Labute approximate surface area is 95.1 Å². The molecular formula is C11H7N3O3. The molecule has 0 spiro atoms. The summed E-state index contributed by atoms with van der Waals surface area (Å²) < 4.78 is 0. The number of ketones is 2. The van der Waals surface area contributed by atoms with Crippen molar-refractivity contribution in [2.75, 3.05) is 5.73 Å². The number of aromatic nitrogens is 2. The summed E-state index contributed by atoms with van der Waals surface area (Å²) in [6.45, 7) is 0. The van der Waals surface area contributed by atoms with E-state index in [0.717, 1.165) is 0 Å². The summed E-state index contributed by atoms with van der Waals surface area (Å²) in [5, 5.41) is 15.8. The third-order valence-corrected chi connectivity index (χ3v) is 2.78. The molecule has 0 atom stereocenters. The molecule has 0 bridgehead atoms. The number of nitrogens with zero attached hydrogens (tertiary/aromatic N) is 1. The molecule has 6 nitrogen and oxygen atoms in total. The maximum absolute atomic E-state index is 12.1. The van der Waals surface area contributed by atoms with Crippen molar-refractivity contribution in [3.8, 4) is 5.75 Å². The third-order valence-electron chi connectivity index (χ3n) is 2.78. The maximum Gasteiger partial charge on any atom is 0.216 e. The van der Waals surface area contributed by atoms with Gasteiger partial charge in [0.05, 0.1) is 22.9 Å². The maximum atomic E-state index is 12.1. The van der Waals surface area contributed by atoms with E-state index in [1.165, 1.54) is 18.3 Å². The van der Waals surface area contributed by atoms with Gasteiger partial charge in [0.25, 0.3) is 0 Å². The second-order valence-electron chi connectivity index (χ2n) is 3.74. The van der Waals surface area contributed by atoms with Gasteiger partial charge in [0.15, 0.2) is 5.78 Å². The van der Waals surface area contributed by atoms with Crippen molar-refractivity contribution < 1.29 is 14.7 Å². The van der Waals surface area contributed by atoms with Crippen LogP contribution >= 0.6 is 0 Å². The minimum atomic E-state index is -0.475. The van der Waals surface area contributed by atoms with Crippen LogP contribution < -0.4 is 5.73 Å². The fraction of sp³-hybridized carbons (Fsp3) is 0. The van der Waals surface area contributed by atoms with Gasteiger partial charge in [-0.05, 0) is 12.1 Å². The number of nitrogen functional groups attached to an aromatic ring is 1. The van der Waals surface area contributed by atoms with Gasteiger partial charge in [0, 0.05) is 5.69 Å². The number of fused-ring (bicyclic) bond motifs is 2. The van der Waals surface area contributed by atoms with Crippen LogP contribution in [0, 0.1) is 0 Å². The highest BCUT2D eigenvalue weighted by Crippen LogP contribution is 2.34. The number of nitrogens with two attached hydrogens (primary N) is 1. The number of aromatic amines is 1. The molecule has 1 heterocycles. The molecular weight excluding hydrogens is 222 g/mol. The first kappa shape index (κ1) is 9.59. The lowest BCUT2D eigenvalue weighted by molar-refractivity contribution is 0.0975. The van der Waals surface area contributed by atoms with E-state index in [1.807, 2.05) is 0 Å². The first-order valence-corrected chi connectivity index (χ1v) is 4.85. The van der Waals surface area contributed by atoms with Crippen LogP contribution in [-0.4, -0.2) is 26.9 Å². The molecule has 0 saturated heterocycles. The van der Waals surface area contributed by atoms with Crippen molar-refractivity contribution in [3.63, 3.8) is 0 Å². The zero-order valence-electron chi connectivity index (χ0n) is 8.52. The minimum Gasteiger partial charge on any atom is -0.507 e. The smallest absolute Gasteiger partial charge is 0.216 e. The molecule has 3 rings (SSSR count). The molecule has 2 aromatic rings. The Morgan fingerprint density at radius 2 is 1.94 bits per heavy atom. The standard InChI is InChI=1S/C11H7N3O3/c12-5-1-2-6(15)8-7(5)10(16)4-3-13-14-9(4)11(8)17/h1-3,15H,12H2,(H,13,14). The summed E-state index contributed by atoms with van der Waals surface area (Å²) in [7, 11) is 0. The van der Waals surface area contributed by atoms with Gasteiger partial charge in [-0.15, -0.1) is 0 Å². The van der Waals surface area contributed by atoms with E-state index in [2.05, 4.69) is 10.2 Å². The summed E-state index contributed by atoms with van der Waals surface area (Å²) in [6, 6.07) is 2.69. The van der Waals surface area contributed by atoms with Gasteiger partial charge >= 0.3 is 0 Å². The molecule has 84 valence electrons. The molecule has 0 amide bonds. The third kappa shape index (κ3) is 1.06. The van der Waals surface area contributed by atoms with Crippen LogP contribution in [0.1, 0.15) is 32.0 Å². The van der Waals surface area contributed by atoms with E-state index in [-0.39, 0.29) is 33.8 Å². The normalized spacial score (nSPS) is 13.4. The predicted octanol–water partition coefficient (Wildman–Crippen LogP) is 0.473. The molecule has 4 N–H and O–H groups in total. The molecule has 17 heavy (non-hydrogen) atoms. The SMILES string of the molecule is Nc1ccc(O)c2c1C(=O)c1cn[nH]c1C2=O. The summed E-state index contributed by atoms with van der Waals surface area (Å²) in [5.74, 6) is -1.14. The van der Waals surface area contributed by atoms with Crippen LogP contribution in [0.25, 0.3) is 0 Å². The van der Waals surface area contributed by atoms with E-state index in [4.69, 9.17) is 5.73 Å². The fourth-order valence-electron chi connectivity index (χ4n) is 1.97. The van der Waals surface area contributed by atoms with E-state index < -0.39 is 11.6 Å². The molecule has 6 heteroatoms. The Morgan fingerprint density at radius 1 is 1.18 bits per heavy atom. The van der Waals surface area contributed by atoms with Crippen molar-refractivity contribution in [3.05, 3.63) is 40.7 Å². The number of carbonyl (C=O) groups is 2. The van der Waals surface area contributed by atoms with Gasteiger partial charge in [-0.25, -0.2) is 0 Å². The first-order valence-electron chi connectivity index (χ1n) is 4.85. The lowest BCUT2D eigenvalue weighted by Crippen LogP contribution is -2.21. The van der Waals surface area contributed by atoms with E-state index in [1.54, 1.807) is 0 Å². The Balaban J connectivity index is 2.42. The topological polar surface area (TPSA) is 109 Å². The zero-order valence-corrected chi connectivity index (χ0v) is 8.52. The number of hydrogen-bond donors (Lipinski definition) is 3. The molecule has 0 radical (unpaired) electrons. The predicted molar refractivity (Wildman–Crippen MR) is 58.0 cm³/mol. The van der Waals surface area contributed by atoms with Crippen LogP contribution in [0.5, 0.6) is 5.75 Å². The van der Waals surface area contributed by atoms with Crippen LogP contribution in [0.4, 0.5) is 5.69 Å².